The van der Waals surface area contributed by atoms with Gasteiger partial charge in [-0.15, -0.1) is 0 Å². The first-order valence-electron chi connectivity index (χ1n) is 4.19. The molecule has 2 heteroatoms. The van der Waals surface area contributed by atoms with E-state index in [1.165, 1.54) is 5.56 Å². The molecule has 1 aromatic rings. The Labute approximate surface area is 78.5 Å². The van der Waals surface area contributed by atoms with Crippen molar-refractivity contribution in [2.75, 3.05) is 0 Å². The van der Waals surface area contributed by atoms with Gasteiger partial charge >= 0.3 is 0 Å². The van der Waals surface area contributed by atoms with Crippen LogP contribution >= 0.6 is 11.6 Å². The first kappa shape index (κ1) is 9.56. The molecule has 0 aliphatic heterocycles. The topological polar surface area (TPSA) is 26.0 Å². The summed E-state index contributed by atoms with van der Waals surface area (Å²) in [6.45, 7) is 4.07. The molecule has 0 fully saturated rings. The van der Waals surface area contributed by atoms with E-state index in [1.54, 1.807) is 0 Å². The van der Waals surface area contributed by atoms with Gasteiger partial charge in [-0.2, -0.15) is 0 Å². The minimum absolute atomic E-state index is 0.0682. The summed E-state index contributed by atoms with van der Waals surface area (Å²) >= 11 is 6.02. The highest BCUT2D eigenvalue weighted by atomic mass is 35.5. The van der Waals surface area contributed by atoms with E-state index in [9.17, 15) is 0 Å². The molecule has 0 aliphatic carbocycles. The SMILES string of the molecule is CCc1c(Cl)cccc1C(C)N. The molecule has 1 nitrogen and oxygen atoms in total. The van der Waals surface area contributed by atoms with Gasteiger partial charge in [-0.05, 0) is 30.5 Å². The van der Waals surface area contributed by atoms with Gasteiger partial charge in [-0.25, -0.2) is 0 Å². The predicted molar refractivity (Wildman–Crippen MR) is 53.4 cm³/mol. The maximum absolute atomic E-state index is 6.02. The Hall–Kier alpha value is -0.530. The van der Waals surface area contributed by atoms with Crippen LogP contribution in [-0.4, -0.2) is 0 Å². The Balaban J connectivity index is 3.18. The molecular weight excluding hydrogens is 170 g/mol. The lowest BCUT2D eigenvalue weighted by Gasteiger charge is -2.12. The van der Waals surface area contributed by atoms with Crippen molar-refractivity contribution in [1.29, 1.82) is 0 Å². The van der Waals surface area contributed by atoms with Crippen molar-refractivity contribution in [2.45, 2.75) is 26.3 Å². The summed E-state index contributed by atoms with van der Waals surface area (Å²) in [5, 5.41) is 0.826. The van der Waals surface area contributed by atoms with Crippen molar-refractivity contribution in [2.24, 2.45) is 5.73 Å². The number of halogens is 1. The fourth-order valence-corrected chi connectivity index (χ4v) is 1.69. The van der Waals surface area contributed by atoms with Crippen LogP contribution in [0.2, 0.25) is 5.02 Å². The molecule has 12 heavy (non-hydrogen) atoms. The Morgan fingerprint density at radius 1 is 1.50 bits per heavy atom. The van der Waals surface area contributed by atoms with E-state index in [2.05, 4.69) is 6.92 Å². The lowest BCUT2D eigenvalue weighted by Crippen LogP contribution is -2.08. The first-order chi connectivity index (χ1) is 5.66. The average molecular weight is 184 g/mol. The van der Waals surface area contributed by atoms with Crippen LogP contribution in [0.5, 0.6) is 0 Å². The van der Waals surface area contributed by atoms with Crippen LogP contribution < -0.4 is 5.73 Å². The third-order valence-electron chi connectivity index (χ3n) is 2.00. The van der Waals surface area contributed by atoms with Crippen molar-refractivity contribution in [1.82, 2.24) is 0 Å². The van der Waals surface area contributed by atoms with Crippen molar-refractivity contribution in [3.8, 4) is 0 Å². The fourth-order valence-electron chi connectivity index (χ4n) is 1.37. The number of rotatable bonds is 2. The van der Waals surface area contributed by atoms with Crippen LogP contribution in [0.1, 0.15) is 31.0 Å². The van der Waals surface area contributed by atoms with Crippen LogP contribution in [0.4, 0.5) is 0 Å². The Morgan fingerprint density at radius 2 is 2.17 bits per heavy atom. The molecule has 0 saturated carbocycles. The zero-order valence-electron chi connectivity index (χ0n) is 7.47. The number of hydrogen-bond donors (Lipinski definition) is 1. The van der Waals surface area contributed by atoms with Gasteiger partial charge in [0.25, 0.3) is 0 Å². The van der Waals surface area contributed by atoms with Gasteiger partial charge in [0.2, 0.25) is 0 Å². The largest absolute Gasteiger partial charge is 0.324 e. The van der Waals surface area contributed by atoms with Crippen molar-refractivity contribution < 1.29 is 0 Å². The monoisotopic (exact) mass is 183 g/mol. The summed E-state index contributed by atoms with van der Waals surface area (Å²) in [5.41, 5.74) is 8.13. The van der Waals surface area contributed by atoms with Gasteiger partial charge in [-0.1, -0.05) is 30.7 Å². The summed E-state index contributed by atoms with van der Waals surface area (Å²) < 4.78 is 0. The van der Waals surface area contributed by atoms with E-state index < -0.39 is 0 Å². The molecule has 0 aromatic heterocycles. The first-order valence-corrected chi connectivity index (χ1v) is 4.57. The summed E-state index contributed by atoms with van der Waals surface area (Å²) in [5.74, 6) is 0. The van der Waals surface area contributed by atoms with E-state index in [1.807, 2.05) is 25.1 Å². The predicted octanol–water partition coefficient (Wildman–Crippen LogP) is 2.92. The molecule has 66 valence electrons. The Kier molecular flexibility index (Phi) is 3.12. The van der Waals surface area contributed by atoms with Gasteiger partial charge < -0.3 is 5.73 Å². The number of nitrogens with two attached hydrogens (primary N) is 1. The highest BCUT2D eigenvalue weighted by molar-refractivity contribution is 6.31. The van der Waals surface area contributed by atoms with E-state index in [4.69, 9.17) is 17.3 Å². The van der Waals surface area contributed by atoms with Crippen molar-refractivity contribution in [3.63, 3.8) is 0 Å². The lowest BCUT2D eigenvalue weighted by molar-refractivity contribution is 0.801. The molecule has 0 radical (unpaired) electrons. The molecule has 1 unspecified atom stereocenters. The summed E-state index contributed by atoms with van der Waals surface area (Å²) in [6, 6.07) is 5.96. The van der Waals surface area contributed by atoms with Gasteiger partial charge in [0.15, 0.2) is 0 Å². The summed E-state index contributed by atoms with van der Waals surface area (Å²) in [4.78, 5) is 0. The third kappa shape index (κ3) is 1.79. The number of hydrogen-bond acceptors (Lipinski definition) is 1. The minimum atomic E-state index is 0.0682. The average Bonchev–Trinajstić information content (AvgIpc) is 2.03. The molecule has 0 aliphatic rings. The molecule has 0 saturated heterocycles. The molecule has 1 atom stereocenters. The molecule has 0 heterocycles. The molecule has 0 spiro atoms. The van der Waals surface area contributed by atoms with Crippen LogP contribution in [0, 0.1) is 0 Å². The van der Waals surface area contributed by atoms with Gasteiger partial charge in [-0.3, -0.25) is 0 Å². The quantitative estimate of drug-likeness (QED) is 0.750. The molecule has 1 rings (SSSR count). The van der Waals surface area contributed by atoms with E-state index in [-0.39, 0.29) is 6.04 Å². The molecule has 1 aromatic carbocycles. The van der Waals surface area contributed by atoms with Crippen LogP contribution in [0.25, 0.3) is 0 Å². The van der Waals surface area contributed by atoms with Crippen molar-refractivity contribution >= 4 is 11.6 Å². The second-order valence-electron chi connectivity index (χ2n) is 2.95. The normalized spacial score (nSPS) is 13.0. The van der Waals surface area contributed by atoms with Gasteiger partial charge in [0.1, 0.15) is 0 Å². The van der Waals surface area contributed by atoms with Crippen LogP contribution in [0.3, 0.4) is 0 Å². The molecule has 0 amide bonds. The van der Waals surface area contributed by atoms with Crippen LogP contribution in [-0.2, 0) is 6.42 Å². The Bertz CT molecular complexity index is 269. The summed E-state index contributed by atoms with van der Waals surface area (Å²) in [6.07, 6.45) is 0.941. The van der Waals surface area contributed by atoms with E-state index in [0.717, 1.165) is 17.0 Å². The fraction of sp³-hybridized carbons (Fsp3) is 0.400. The standard InChI is InChI=1S/C10H14ClN/c1-3-8-9(7(2)12)5-4-6-10(8)11/h4-7H,3,12H2,1-2H3. The maximum atomic E-state index is 6.02. The van der Waals surface area contributed by atoms with Gasteiger partial charge in [0.05, 0.1) is 0 Å². The second-order valence-corrected chi connectivity index (χ2v) is 3.36. The lowest BCUT2D eigenvalue weighted by atomic mass is 10.0. The summed E-state index contributed by atoms with van der Waals surface area (Å²) in [7, 11) is 0. The van der Waals surface area contributed by atoms with Crippen molar-refractivity contribution in [3.05, 3.63) is 34.3 Å². The van der Waals surface area contributed by atoms with Gasteiger partial charge in [0, 0.05) is 11.1 Å². The zero-order valence-corrected chi connectivity index (χ0v) is 8.23. The third-order valence-corrected chi connectivity index (χ3v) is 2.35. The van der Waals surface area contributed by atoms with E-state index >= 15 is 0 Å². The smallest absolute Gasteiger partial charge is 0.0441 e. The Morgan fingerprint density at radius 3 is 2.58 bits per heavy atom. The highest BCUT2D eigenvalue weighted by Gasteiger charge is 2.07. The number of benzene rings is 1. The minimum Gasteiger partial charge on any atom is -0.324 e. The highest BCUT2D eigenvalue weighted by Crippen LogP contribution is 2.24. The van der Waals surface area contributed by atoms with Crippen LogP contribution in [0.15, 0.2) is 18.2 Å². The van der Waals surface area contributed by atoms with E-state index in [0.29, 0.717) is 0 Å². The second kappa shape index (κ2) is 3.92. The maximum Gasteiger partial charge on any atom is 0.0441 e. The zero-order chi connectivity index (χ0) is 9.14. The molecule has 2 N–H and O–H groups in total. The molecule has 0 bridgehead atoms. The molecular formula is C10H14ClN.